The maximum Gasteiger partial charge on any atom is 0.416 e. The fraction of sp³-hybridized carbons (Fsp3) is 0.692. The summed E-state index contributed by atoms with van der Waals surface area (Å²) < 4.78 is 40.3. The van der Waals surface area contributed by atoms with E-state index in [-0.39, 0.29) is 30.4 Å². The first kappa shape index (κ1) is 25.0. The fourth-order valence-corrected chi connectivity index (χ4v) is 6.33. The molecule has 2 fully saturated rings. The van der Waals surface area contributed by atoms with Crippen molar-refractivity contribution in [2.24, 2.45) is 11.3 Å². The zero-order valence-corrected chi connectivity index (χ0v) is 20.1. The summed E-state index contributed by atoms with van der Waals surface area (Å²) in [4.78, 5) is 29.8. The lowest BCUT2D eigenvalue weighted by atomic mass is 9.73. The molecule has 0 bridgehead atoms. The highest BCUT2D eigenvalue weighted by molar-refractivity contribution is 5.91. The van der Waals surface area contributed by atoms with Gasteiger partial charge in [0.25, 0.3) is 0 Å². The van der Waals surface area contributed by atoms with Gasteiger partial charge in [0.05, 0.1) is 16.5 Å². The average Bonchev–Trinajstić information content (AvgIpc) is 3.07. The number of rotatable bonds is 4. The van der Waals surface area contributed by atoms with Crippen LogP contribution in [0.5, 0.6) is 0 Å². The van der Waals surface area contributed by atoms with Crippen molar-refractivity contribution >= 4 is 11.9 Å². The van der Waals surface area contributed by atoms with Crippen LogP contribution in [0.25, 0.3) is 0 Å². The number of hydrogen-bond donors (Lipinski definition) is 1. The van der Waals surface area contributed by atoms with E-state index in [0.29, 0.717) is 23.7 Å². The maximum absolute atomic E-state index is 13.9. The van der Waals surface area contributed by atoms with Crippen LogP contribution in [-0.2, 0) is 23.9 Å². The Bertz CT molecular complexity index is 938. The summed E-state index contributed by atoms with van der Waals surface area (Å²) in [6.07, 6.45) is 3.04. The van der Waals surface area contributed by atoms with E-state index in [0.717, 1.165) is 44.5 Å². The van der Waals surface area contributed by atoms with Crippen LogP contribution >= 0.6 is 0 Å². The summed E-state index contributed by atoms with van der Waals surface area (Å²) in [5.74, 6) is -1.23. The predicted molar refractivity (Wildman–Crippen MR) is 122 cm³/mol. The lowest BCUT2D eigenvalue weighted by molar-refractivity contribution is -0.146. The van der Waals surface area contributed by atoms with Crippen molar-refractivity contribution < 1.29 is 27.9 Å². The number of carbonyl (C=O) groups excluding carboxylic acids is 1. The second-order valence-corrected chi connectivity index (χ2v) is 10.6. The van der Waals surface area contributed by atoms with Gasteiger partial charge in [-0.2, -0.15) is 13.2 Å². The van der Waals surface area contributed by atoms with Crippen molar-refractivity contribution in [3.8, 4) is 0 Å². The third-order valence-electron chi connectivity index (χ3n) is 8.39. The third kappa shape index (κ3) is 4.70. The molecule has 4 rings (SSSR count). The van der Waals surface area contributed by atoms with Gasteiger partial charge in [-0.25, -0.2) is 4.79 Å². The molecule has 2 atom stereocenters. The molecule has 1 aromatic carbocycles. The summed E-state index contributed by atoms with van der Waals surface area (Å²) in [5.41, 5.74) is -1.09. The molecule has 188 valence electrons. The number of hydrogen-bond acceptors (Lipinski definition) is 3. The number of halogens is 3. The van der Waals surface area contributed by atoms with Crippen molar-refractivity contribution in [3.63, 3.8) is 0 Å². The second kappa shape index (κ2) is 9.51. The van der Waals surface area contributed by atoms with Crippen LogP contribution in [0.2, 0.25) is 0 Å². The van der Waals surface area contributed by atoms with Gasteiger partial charge in [-0.15, -0.1) is 0 Å². The first-order chi connectivity index (χ1) is 16.0. The summed E-state index contributed by atoms with van der Waals surface area (Å²) in [6.45, 7) is 6.65. The maximum atomic E-state index is 13.9. The van der Waals surface area contributed by atoms with E-state index >= 15 is 0 Å². The van der Waals surface area contributed by atoms with Gasteiger partial charge >= 0.3 is 12.1 Å². The first-order valence-electron chi connectivity index (χ1n) is 12.5. The highest BCUT2D eigenvalue weighted by Gasteiger charge is 2.50. The Morgan fingerprint density at radius 3 is 2.35 bits per heavy atom. The minimum atomic E-state index is -4.64. The summed E-state index contributed by atoms with van der Waals surface area (Å²) in [5, 5.41) is 9.51. The van der Waals surface area contributed by atoms with Crippen LogP contribution < -0.4 is 0 Å². The van der Waals surface area contributed by atoms with Crippen LogP contribution in [0.15, 0.2) is 12.1 Å². The van der Waals surface area contributed by atoms with Gasteiger partial charge in [0, 0.05) is 19.1 Å². The minimum Gasteiger partial charge on any atom is -0.478 e. The first-order valence-corrected chi connectivity index (χ1v) is 12.5. The van der Waals surface area contributed by atoms with Crippen molar-refractivity contribution in [2.75, 3.05) is 19.6 Å². The number of aromatic carboxylic acids is 1. The molecule has 1 aromatic rings. The molecule has 5 nitrogen and oxygen atoms in total. The lowest BCUT2D eigenvalue weighted by Gasteiger charge is -2.40. The number of benzene rings is 1. The number of likely N-dealkylation sites (tertiary alicyclic amines) is 1. The van der Waals surface area contributed by atoms with Gasteiger partial charge in [0.15, 0.2) is 0 Å². The lowest BCUT2D eigenvalue weighted by Crippen LogP contribution is -2.48. The number of carboxylic acid groups (broad SMARTS) is 1. The second-order valence-electron chi connectivity index (χ2n) is 10.6. The van der Waals surface area contributed by atoms with Gasteiger partial charge in [-0.05, 0) is 80.8 Å². The molecule has 0 aromatic heterocycles. The van der Waals surface area contributed by atoms with E-state index in [4.69, 9.17) is 0 Å². The Hall–Kier alpha value is -2.09. The van der Waals surface area contributed by atoms with Gasteiger partial charge in [-0.1, -0.05) is 26.7 Å². The topological polar surface area (TPSA) is 60.9 Å². The van der Waals surface area contributed by atoms with Crippen molar-refractivity contribution in [1.29, 1.82) is 0 Å². The Morgan fingerprint density at radius 1 is 1.09 bits per heavy atom. The third-order valence-corrected chi connectivity index (χ3v) is 8.39. The van der Waals surface area contributed by atoms with E-state index in [1.54, 1.807) is 4.90 Å². The molecule has 8 heteroatoms. The van der Waals surface area contributed by atoms with Gasteiger partial charge in [0.2, 0.25) is 5.91 Å². The van der Waals surface area contributed by atoms with E-state index in [9.17, 15) is 27.9 Å². The van der Waals surface area contributed by atoms with Crippen LogP contribution in [0.3, 0.4) is 0 Å². The van der Waals surface area contributed by atoms with E-state index in [2.05, 4.69) is 18.7 Å². The number of nitrogens with zero attached hydrogens (tertiary/aromatic N) is 2. The molecular formula is C26H35F3N2O3. The fourth-order valence-electron chi connectivity index (χ4n) is 6.33. The zero-order chi connectivity index (χ0) is 24.7. The summed E-state index contributed by atoms with van der Waals surface area (Å²) in [7, 11) is 0. The minimum absolute atomic E-state index is 0.0137. The number of fused-ring (bicyclic) bond motifs is 1. The Labute approximate surface area is 199 Å². The van der Waals surface area contributed by atoms with Crippen LogP contribution in [0.4, 0.5) is 13.2 Å². The molecule has 34 heavy (non-hydrogen) atoms. The van der Waals surface area contributed by atoms with Gasteiger partial charge in [-0.3, -0.25) is 4.79 Å². The smallest absolute Gasteiger partial charge is 0.416 e. The van der Waals surface area contributed by atoms with Crippen molar-refractivity contribution in [1.82, 2.24) is 9.80 Å². The van der Waals surface area contributed by atoms with E-state index in [1.807, 2.05) is 0 Å². The van der Waals surface area contributed by atoms with Gasteiger partial charge < -0.3 is 14.9 Å². The highest BCUT2D eigenvalue weighted by Crippen LogP contribution is 2.48. The number of carbonyl (C=O) groups is 2. The monoisotopic (exact) mass is 480 g/mol. The molecule has 1 saturated carbocycles. The molecule has 1 unspecified atom stereocenters. The van der Waals surface area contributed by atoms with Crippen molar-refractivity contribution in [3.05, 3.63) is 34.4 Å². The van der Waals surface area contributed by atoms with E-state index < -0.39 is 23.1 Å². The Morgan fingerprint density at radius 2 is 1.76 bits per heavy atom. The standard InChI is InChI=1S/C26H35F3N2O3/c1-17(2)25(9-7-20(15-25)30-10-5-3-4-6-11-30)24(34)31-12-8-21-18(16-31)13-19(26(27,28)29)14-22(21)23(32)33/h13-14,17,20H,3-12,15-16H2,1-2H3,(H,32,33)/t20?,25-/m0/s1. The molecule has 2 aliphatic heterocycles. The number of alkyl halides is 3. The van der Waals surface area contributed by atoms with Crippen molar-refractivity contribution in [2.45, 2.75) is 84.0 Å². The summed E-state index contributed by atoms with van der Waals surface area (Å²) >= 11 is 0. The molecule has 2 heterocycles. The van der Waals surface area contributed by atoms with Crippen LogP contribution in [0, 0.1) is 11.3 Å². The number of carboxylic acids is 1. The Balaban J connectivity index is 1.59. The predicted octanol–water partition coefficient (Wildman–Crippen LogP) is 5.36. The SMILES string of the molecule is CC(C)[C@]1(C(=O)N2CCc3c(cc(C(F)(F)F)cc3C(=O)O)C2)CCC(N2CCCCCC2)C1. The van der Waals surface area contributed by atoms with Crippen LogP contribution in [-0.4, -0.2) is 52.5 Å². The highest BCUT2D eigenvalue weighted by atomic mass is 19.4. The molecule has 1 aliphatic carbocycles. The van der Waals surface area contributed by atoms with E-state index in [1.165, 1.54) is 25.7 Å². The largest absolute Gasteiger partial charge is 0.478 e. The van der Waals surface area contributed by atoms with Crippen LogP contribution in [0.1, 0.15) is 85.8 Å². The molecule has 3 aliphatic rings. The molecule has 1 amide bonds. The summed E-state index contributed by atoms with van der Waals surface area (Å²) in [6, 6.07) is 2.12. The molecule has 1 N–H and O–H groups in total. The molecule has 0 radical (unpaired) electrons. The molecular weight excluding hydrogens is 445 g/mol. The quantitative estimate of drug-likeness (QED) is 0.630. The average molecular weight is 481 g/mol. The number of amides is 1. The Kier molecular flexibility index (Phi) is 7.00. The molecule has 0 spiro atoms. The molecule has 1 saturated heterocycles. The zero-order valence-electron chi connectivity index (χ0n) is 20.1. The van der Waals surface area contributed by atoms with Gasteiger partial charge in [0.1, 0.15) is 0 Å². The normalized spacial score (nSPS) is 26.4.